The van der Waals surface area contributed by atoms with E-state index < -0.39 is 0 Å². The van der Waals surface area contributed by atoms with Crippen LogP contribution in [0.1, 0.15) is 66.2 Å². The minimum Gasteiger partial charge on any atom is -0.317 e. The van der Waals surface area contributed by atoms with Crippen LogP contribution in [-0.4, -0.2) is 37.1 Å². The van der Waals surface area contributed by atoms with Gasteiger partial charge in [-0.3, -0.25) is 0 Å². The van der Waals surface area contributed by atoms with Crippen molar-refractivity contribution in [2.75, 3.05) is 20.1 Å². The van der Waals surface area contributed by atoms with E-state index >= 15 is 0 Å². The SMILES string of the molecule is CCCN(CC1CC(C(C)(C)C)CCC1NC)C1CC1. The van der Waals surface area contributed by atoms with Crippen LogP contribution in [0.15, 0.2) is 0 Å². The Morgan fingerprint density at radius 1 is 1.10 bits per heavy atom. The average Bonchev–Trinajstić information content (AvgIpc) is 3.21. The number of nitrogens with one attached hydrogen (secondary N) is 1. The molecule has 2 nitrogen and oxygen atoms in total. The zero-order chi connectivity index (χ0) is 14.8. The third-order valence-corrected chi connectivity index (χ3v) is 5.62. The maximum Gasteiger partial charge on any atom is 0.0105 e. The summed E-state index contributed by atoms with van der Waals surface area (Å²) in [6.45, 7) is 12.2. The molecule has 118 valence electrons. The van der Waals surface area contributed by atoms with E-state index in [4.69, 9.17) is 0 Å². The molecule has 3 atom stereocenters. The van der Waals surface area contributed by atoms with Gasteiger partial charge in [0.15, 0.2) is 0 Å². The van der Waals surface area contributed by atoms with E-state index in [-0.39, 0.29) is 0 Å². The second-order valence-electron chi connectivity index (χ2n) is 8.26. The van der Waals surface area contributed by atoms with E-state index in [1.54, 1.807) is 0 Å². The van der Waals surface area contributed by atoms with Gasteiger partial charge < -0.3 is 10.2 Å². The lowest BCUT2D eigenvalue weighted by Crippen LogP contribution is -2.47. The van der Waals surface area contributed by atoms with Gasteiger partial charge in [-0.05, 0) is 69.4 Å². The van der Waals surface area contributed by atoms with Gasteiger partial charge >= 0.3 is 0 Å². The summed E-state index contributed by atoms with van der Waals surface area (Å²) in [4.78, 5) is 2.79. The van der Waals surface area contributed by atoms with E-state index in [0.29, 0.717) is 5.41 Å². The van der Waals surface area contributed by atoms with Gasteiger partial charge in [-0.15, -0.1) is 0 Å². The second kappa shape index (κ2) is 6.79. The Hall–Kier alpha value is -0.0800. The van der Waals surface area contributed by atoms with Crippen molar-refractivity contribution in [3.8, 4) is 0 Å². The van der Waals surface area contributed by atoms with E-state index in [0.717, 1.165) is 23.9 Å². The van der Waals surface area contributed by atoms with Crippen molar-refractivity contribution in [3.05, 3.63) is 0 Å². The molecule has 3 unspecified atom stereocenters. The van der Waals surface area contributed by atoms with Crippen molar-refractivity contribution >= 4 is 0 Å². The first-order chi connectivity index (χ1) is 9.45. The Balaban J connectivity index is 1.97. The fourth-order valence-corrected chi connectivity index (χ4v) is 4.08. The molecule has 0 amide bonds. The molecule has 20 heavy (non-hydrogen) atoms. The Labute approximate surface area is 126 Å². The van der Waals surface area contributed by atoms with Crippen LogP contribution < -0.4 is 5.32 Å². The highest BCUT2D eigenvalue weighted by molar-refractivity contribution is 4.92. The summed E-state index contributed by atoms with van der Waals surface area (Å²) >= 11 is 0. The first-order valence-electron chi connectivity index (χ1n) is 8.87. The Bertz CT molecular complexity index is 290. The summed E-state index contributed by atoms with van der Waals surface area (Å²) < 4.78 is 0. The van der Waals surface area contributed by atoms with Gasteiger partial charge in [-0.25, -0.2) is 0 Å². The molecule has 2 rings (SSSR count). The summed E-state index contributed by atoms with van der Waals surface area (Å²) in [6.07, 6.45) is 8.38. The van der Waals surface area contributed by atoms with Crippen LogP contribution in [0.2, 0.25) is 0 Å². The van der Waals surface area contributed by atoms with Gasteiger partial charge in [0, 0.05) is 18.6 Å². The van der Waals surface area contributed by atoms with Gasteiger partial charge in [0.1, 0.15) is 0 Å². The molecule has 1 N–H and O–H groups in total. The summed E-state index contributed by atoms with van der Waals surface area (Å²) in [6, 6.07) is 1.66. The van der Waals surface area contributed by atoms with Crippen molar-refractivity contribution in [3.63, 3.8) is 0 Å². The van der Waals surface area contributed by atoms with Crippen molar-refractivity contribution in [2.45, 2.75) is 78.3 Å². The molecule has 0 heterocycles. The molecule has 0 spiro atoms. The first-order valence-corrected chi connectivity index (χ1v) is 8.87. The minimum atomic E-state index is 0.478. The van der Waals surface area contributed by atoms with Gasteiger partial charge in [0.05, 0.1) is 0 Å². The van der Waals surface area contributed by atoms with E-state index in [1.807, 2.05) is 0 Å². The minimum absolute atomic E-state index is 0.478. The van der Waals surface area contributed by atoms with Crippen LogP contribution in [0.5, 0.6) is 0 Å². The van der Waals surface area contributed by atoms with Crippen LogP contribution in [0.4, 0.5) is 0 Å². The highest BCUT2D eigenvalue weighted by atomic mass is 15.2. The van der Waals surface area contributed by atoms with E-state index in [2.05, 4.69) is 45.0 Å². The molecule has 2 fully saturated rings. The van der Waals surface area contributed by atoms with E-state index in [1.165, 1.54) is 51.6 Å². The zero-order valence-corrected chi connectivity index (χ0v) is 14.4. The second-order valence-corrected chi connectivity index (χ2v) is 8.26. The lowest BCUT2D eigenvalue weighted by Gasteiger charge is -2.43. The molecule has 0 aromatic heterocycles. The third-order valence-electron chi connectivity index (χ3n) is 5.62. The largest absolute Gasteiger partial charge is 0.317 e. The molecule has 2 aliphatic carbocycles. The van der Waals surface area contributed by atoms with E-state index in [9.17, 15) is 0 Å². The maximum absolute atomic E-state index is 3.61. The summed E-state index contributed by atoms with van der Waals surface area (Å²) in [5.41, 5.74) is 0.478. The molecule has 0 aliphatic heterocycles. The lowest BCUT2D eigenvalue weighted by atomic mass is 9.67. The molecule has 2 aliphatic rings. The predicted molar refractivity (Wildman–Crippen MR) is 88.0 cm³/mol. The molecule has 0 saturated heterocycles. The van der Waals surface area contributed by atoms with Gasteiger partial charge in [0.2, 0.25) is 0 Å². The standard InChI is InChI=1S/C18H36N2/c1-6-11-20(16-8-9-16)13-14-12-15(18(2,3)4)7-10-17(14)19-5/h14-17,19H,6-13H2,1-5H3. The molecule has 0 aromatic rings. The monoisotopic (exact) mass is 280 g/mol. The topological polar surface area (TPSA) is 15.3 Å². The van der Waals surface area contributed by atoms with Crippen LogP contribution in [0.3, 0.4) is 0 Å². The zero-order valence-electron chi connectivity index (χ0n) is 14.4. The van der Waals surface area contributed by atoms with Gasteiger partial charge in [-0.1, -0.05) is 27.7 Å². The summed E-state index contributed by atoms with van der Waals surface area (Å²) in [5.74, 6) is 1.75. The van der Waals surface area contributed by atoms with Crippen molar-refractivity contribution in [2.24, 2.45) is 17.3 Å². The van der Waals surface area contributed by atoms with Gasteiger partial charge in [0.25, 0.3) is 0 Å². The molecular formula is C18H36N2. The lowest BCUT2D eigenvalue weighted by molar-refractivity contribution is 0.0872. The fraction of sp³-hybridized carbons (Fsp3) is 1.00. The van der Waals surface area contributed by atoms with Crippen LogP contribution in [0, 0.1) is 17.3 Å². The number of rotatable bonds is 6. The number of hydrogen-bond donors (Lipinski definition) is 1. The molecule has 0 radical (unpaired) electrons. The highest BCUT2D eigenvalue weighted by Crippen LogP contribution is 2.41. The average molecular weight is 281 g/mol. The van der Waals surface area contributed by atoms with Crippen LogP contribution in [0.25, 0.3) is 0 Å². The van der Waals surface area contributed by atoms with Crippen molar-refractivity contribution in [1.82, 2.24) is 10.2 Å². The van der Waals surface area contributed by atoms with Crippen LogP contribution >= 0.6 is 0 Å². The predicted octanol–water partition coefficient (Wildman–Crippen LogP) is 3.91. The Kier molecular flexibility index (Phi) is 5.53. The summed E-state index contributed by atoms with van der Waals surface area (Å²) in [7, 11) is 2.16. The Morgan fingerprint density at radius 2 is 1.80 bits per heavy atom. The quantitative estimate of drug-likeness (QED) is 0.793. The third kappa shape index (κ3) is 4.21. The fourth-order valence-electron chi connectivity index (χ4n) is 4.08. The smallest absolute Gasteiger partial charge is 0.0105 e. The normalized spacial score (nSPS) is 31.8. The first kappa shape index (κ1) is 16.3. The van der Waals surface area contributed by atoms with Crippen molar-refractivity contribution in [1.29, 1.82) is 0 Å². The number of nitrogens with zero attached hydrogens (tertiary/aromatic N) is 1. The Morgan fingerprint density at radius 3 is 2.30 bits per heavy atom. The maximum atomic E-state index is 3.61. The highest BCUT2D eigenvalue weighted by Gasteiger charge is 2.38. The molecular weight excluding hydrogens is 244 g/mol. The molecule has 2 heteroatoms. The molecule has 2 saturated carbocycles. The van der Waals surface area contributed by atoms with Crippen LogP contribution in [-0.2, 0) is 0 Å². The summed E-state index contributed by atoms with van der Waals surface area (Å²) in [5, 5.41) is 3.61. The molecule has 0 aromatic carbocycles. The van der Waals surface area contributed by atoms with Crippen molar-refractivity contribution < 1.29 is 0 Å². The number of hydrogen-bond acceptors (Lipinski definition) is 2. The van der Waals surface area contributed by atoms with Gasteiger partial charge in [-0.2, -0.15) is 0 Å². The molecule has 0 bridgehead atoms.